The molecule has 0 aliphatic carbocycles. The van der Waals surface area contributed by atoms with Crippen molar-refractivity contribution in [2.75, 3.05) is 45.9 Å². The number of amides is 2. The van der Waals surface area contributed by atoms with E-state index in [2.05, 4.69) is 5.32 Å². The summed E-state index contributed by atoms with van der Waals surface area (Å²) in [7, 11) is -3.52. The quantitative estimate of drug-likeness (QED) is 0.562. The highest BCUT2D eigenvalue weighted by molar-refractivity contribution is 7.89. The third-order valence-corrected chi connectivity index (χ3v) is 6.82. The smallest absolute Gasteiger partial charge is 0.243 e. The van der Waals surface area contributed by atoms with Crippen LogP contribution in [0.25, 0.3) is 0 Å². The Morgan fingerprint density at radius 1 is 1.10 bits per heavy atom. The van der Waals surface area contributed by atoms with Crippen LogP contribution in [0.4, 0.5) is 0 Å². The predicted molar refractivity (Wildman–Crippen MR) is 115 cm³/mol. The maximum Gasteiger partial charge on any atom is 0.243 e. The van der Waals surface area contributed by atoms with Gasteiger partial charge < -0.3 is 15.0 Å². The van der Waals surface area contributed by atoms with Crippen molar-refractivity contribution in [3.63, 3.8) is 0 Å². The van der Waals surface area contributed by atoms with Crippen LogP contribution in [-0.2, 0) is 30.8 Å². The topological polar surface area (TPSA) is 96.0 Å². The van der Waals surface area contributed by atoms with E-state index < -0.39 is 10.0 Å². The predicted octanol–water partition coefficient (Wildman–Crippen LogP) is 1.40. The summed E-state index contributed by atoms with van der Waals surface area (Å²) in [6.45, 7) is 6.69. The number of morpholine rings is 1. The number of nitrogens with one attached hydrogen (secondary N) is 1. The maximum absolute atomic E-state index is 12.7. The molecule has 0 spiro atoms. The number of carbonyl (C=O) groups excluding carboxylic acids is 2. The Balaban J connectivity index is 1.92. The largest absolute Gasteiger partial charge is 0.379 e. The highest BCUT2D eigenvalue weighted by atomic mass is 32.2. The van der Waals surface area contributed by atoms with Crippen LogP contribution in [0.3, 0.4) is 0 Å². The molecule has 0 bridgehead atoms. The molecule has 1 heterocycles. The Hall–Kier alpha value is -1.97. The summed E-state index contributed by atoms with van der Waals surface area (Å²) in [6, 6.07) is 6.68. The van der Waals surface area contributed by atoms with Gasteiger partial charge >= 0.3 is 0 Å². The van der Waals surface area contributed by atoms with E-state index >= 15 is 0 Å². The fourth-order valence-electron chi connectivity index (χ4n) is 3.23. The molecule has 0 unspecified atom stereocenters. The zero-order chi connectivity index (χ0) is 22.0. The monoisotopic (exact) mass is 439 g/mol. The second kappa shape index (κ2) is 12.0. The van der Waals surface area contributed by atoms with E-state index in [1.54, 1.807) is 29.2 Å². The summed E-state index contributed by atoms with van der Waals surface area (Å²) in [4.78, 5) is 26.4. The van der Waals surface area contributed by atoms with Gasteiger partial charge in [-0.1, -0.05) is 26.0 Å². The zero-order valence-electron chi connectivity index (χ0n) is 17.9. The number of rotatable bonds is 11. The summed E-state index contributed by atoms with van der Waals surface area (Å²) in [5, 5.41) is 2.80. The molecule has 0 atom stereocenters. The first-order valence-electron chi connectivity index (χ1n) is 10.6. The van der Waals surface area contributed by atoms with E-state index in [0.717, 1.165) is 18.4 Å². The van der Waals surface area contributed by atoms with Crippen LogP contribution in [0.5, 0.6) is 0 Å². The van der Waals surface area contributed by atoms with Gasteiger partial charge in [-0.3, -0.25) is 9.59 Å². The van der Waals surface area contributed by atoms with E-state index in [1.807, 2.05) is 13.8 Å². The Morgan fingerprint density at radius 3 is 2.37 bits per heavy atom. The molecule has 1 aromatic rings. The minimum absolute atomic E-state index is 0.0728. The molecule has 0 aromatic heterocycles. The van der Waals surface area contributed by atoms with Gasteiger partial charge in [0.1, 0.15) is 0 Å². The molecule has 0 saturated carbocycles. The highest BCUT2D eigenvalue weighted by Crippen LogP contribution is 2.18. The first kappa shape index (κ1) is 24.3. The Morgan fingerprint density at radius 2 is 1.77 bits per heavy atom. The molecular formula is C21H33N3O5S. The van der Waals surface area contributed by atoms with Crippen molar-refractivity contribution < 1.29 is 22.7 Å². The van der Waals surface area contributed by atoms with Gasteiger partial charge in [-0.25, -0.2) is 8.42 Å². The van der Waals surface area contributed by atoms with Crippen molar-refractivity contribution in [1.29, 1.82) is 0 Å². The van der Waals surface area contributed by atoms with Crippen molar-refractivity contribution in [2.45, 2.75) is 44.4 Å². The fourth-order valence-corrected chi connectivity index (χ4v) is 4.64. The number of ether oxygens (including phenoxy) is 1. The average Bonchev–Trinajstić information content (AvgIpc) is 2.76. The van der Waals surface area contributed by atoms with Crippen LogP contribution in [-0.4, -0.2) is 75.4 Å². The van der Waals surface area contributed by atoms with E-state index in [-0.39, 0.29) is 29.7 Å². The SMILES string of the molecule is CCCNC(=O)CN(CCC)C(=O)CCc1ccc(S(=O)(=O)N2CCOCC2)cc1. The molecule has 1 saturated heterocycles. The standard InChI is InChI=1S/C21H33N3O5S/c1-3-11-22-20(25)17-23(12-4-2)21(26)10-7-18-5-8-19(9-6-18)30(27,28)24-13-15-29-16-14-24/h5-6,8-9H,3-4,7,10-17H2,1-2H3,(H,22,25). The van der Waals surface area contributed by atoms with Crippen LogP contribution < -0.4 is 5.32 Å². The first-order chi connectivity index (χ1) is 14.4. The average molecular weight is 440 g/mol. The highest BCUT2D eigenvalue weighted by Gasteiger charge is 2.26. The van der Waals surface area contributed by atoms with Crippen molar-refractivity contribution >= 4 is 21.8 Å². The molecule has 2 rings (SSSR count). The zero-order valence-corrected chi connectivity index (χ0v) is 18.7. The minimum Gasteiger partial charge on any atom is -0.379 e. The number of aryl methyl sites for hydroxylation is 1. The van der Waals surface area contributed by atoms with Gasteiger partial charge in [-0.05, 0) is 37.0 Å². The lowest BCUT2D eigenvalue weighted by molar-refractivity contribution is -0.136. The Kier molecular flexibility index (Phi) is 9.74. The van der Waals surface area contributed by atoms with E-state index in [1.165, 1.54) is 4.31 Å². The third kappa shape index (κ3) is 7.07. The summed E-state index contributed by atoms with van der Waals surface area (Å²) < 4.78 is 32.0. The Labute approximate surface area is 179 Å². The summed E-state index contributed by atoms with van der Waals surface area (Å²) in [5.74, 6) is -0.218. The Bertz CT molecular complexity index is 789. The van der Waals surface area contributed by atoms with Gasteiger partial charge in [-0.15, -0.1) is 0 Å². The second-order valence-corrected chi connectivity index (χ2v) is 9.26. The molecule has 1 fully saturated rings. The molecule has 1 N–H and O–H groups in total. The molecular weight excluding hydrogens is 406 g/mol. The van der Waals surface area contributed by atoms with Crippen molar-refractivity contribution in [2.24, 2.45) is 0 Å². The number of carbonyl (C=O) groups is 2. The third-order valence-electron chi connectivity index (χ3n) is 4.91. The lowest BCUT2D eigenvalue weighted by Gasteiger charge is -2.26. The minimum atomic E-state index is -3.52. The summed E-state index contributed by atoms with van der Waals surface area (Å²) in [6.07, 6.45) is 2.40. The van der Waals surface area contributed by atoms with Crippen molar-refractivity contribution in [3.8, 4) is 0 Å². The molecule has 1 aliphatic heterocycles. The van der Waals surface area contributed by atoms with E-state index in [9.17, 15) is 18.0 Å². The van der Waals surface area contributed by atoms with Crippen LogP contribution in [0, 0.1) is 0 Å². The van der Waals surface area contributed by atoms with Crippen molar-refractivity contribution in [1.82, 2.24) is 14.5 Å². The van der Waals surface area contributed by atoms with Gasteiger partial charge in [0.25, 0.3) is 0 Å². The number of nitrogens with zero attached hydrogens (tertiary/aromatic N) is 2. The molecule has 0 radical (unpaired) electrons. The molecule has 1 aliphatic rings. The van der Waals surface area contributed by atoms with Crippen LogP contribution >= 0.6 is 0 Å². The van der Waals surface area contributed by atoms with E-state index in [4.69, 9.17) is 4.74 Å². The number of sulfonamides is 1. The van der Waals surface area contributed by atoms with Crippen molar-refractivity contribution in [3.05, 3.63) is 29.8 Å². The fraction of sp³-hybridized carbons (Fsp3) is 0.619. The summed E-state index contributed by atoms with van der Waals surface area (Å²) in [5.41, 5.74) is 0.885. The van der Waals surface area contributed by atoms with Gasteiger partial charge in [0.05, 0.1) is 24.7 Å². The van der Waals surface area contributed by atoms with Gasteiger partial charge in [-0.2, -0.15) is 4.31 Å². The normalized spacial score (nSPS) is 15.0. The number of benzene rings is 1. The molecule has 2 amide bonds. The lowest BCUT2D eigenvalue weighted by atomic mass is 10.1. The van der Waals surface area contributed by atoms with Crippen LogP contribution in [0.2, 0.25) is 0 Å². The number of hydrogen-bond acceptors (Lipinski definition) is 5. The molecule has 168 valence electrons. The lowest BCUT2D eigenvalue weighted by Crippen LogP contribution is -2.41. The molecule has 9 heteroatoms. The maximum atomic E-state index is 12.7. The molecule has 1 aromatic carbocycles. The number of hydrogen-bond donors (Lipinski definition) is 1. The molecule has 30 heavy (non-hydrogen) atoms. The van der Waals surface area contributed by atoms with E-state index in [0.29, 0.717) is 45.8 Å². The second-order valence-electron chi connectivity index (χ2n) is 7.33. The molecule has 8 nitrogen and oxygen atoms in total. The van der Waals surface area contributed by atoms with Gasteiger partial charge in [0, 0.05) is 32.6 Å². The van der Waals surface area contributed by atoms with Gasteiger partial charge in [0.15, 0.2) is 0 Å². The summed E-state index contributed by atoms with van der Waals surface area (Å²) >= 11 is 0. The van der Waals surface area contributed by atoms with Crippen LogP contribution in [0.15, 0.2) is 29.2 Å². The first-order valence-corrected chi connectivity index (χ1v) is 12.0. The van der Waals surface area contributed by atoms with Crippen LogP contribution in [0.1, 0.15) is 38.7 Å². The van der Waals surface area contributed by atoms with Gasteiger partial charge in [0.2, 0.25) is 21.8 Å².